The Labute approximate surface area is 193 Å². The summed E-state index contributed by atoms with van der Waals surface area (Å²) in [7, 11) is 0. The summed E-state index contributed by atoms with van der Waals surface area (Å²) in [5, 5.41) is 9.41. The molecular formula is C23H30FN7O2. The first-order valence-electron chi connectivity index (χ1n) is 10.8. The van der Waals surface area contributed by atoms with Gasteiger partial charge in [0.05, 0.1) is 26.4 Å². The number of nitrogens with two attached hydrogens (primary N) is 1. The number of nitrogens with one attached hydrogen (secondary N) is 3. The summed E-state index contributed by atoms with van der Waals surface area (Å²) >= 11 is 0. The fourth-order valence-electron chi connectivity index (χ4n) is 2.85. The van der Waals surface area contributed by atoms with E-state index >= 15 is 0 Å². The molecule has 9 nitrogen and oxygen atoms in total. The molecule has 0 radical (unpaired) electrons. The molecule has 0 fully saturated rings. The number of anilines is 3. The molecule has 3 rings (SSSR count). The Balaban J connectivity index is 1.58. The second-order valence-corrected chi connectivity index (χ2v) is 7.03. The molecule has 176 valence electrons. The van der Waals surface area contributed by atoms with E-state index in [-0.39, 0.29) is 12.4 Å². The van der Waals surface area contributed by atoms with E-state index in [1.807, 2.05) is 30.3 Å². The number of benzene rings is 2. The van der Waals surface area contributed by atoms with Gasteiger partial charge in [-0.15, -0.1) is 0 Å². The van der Waals surface area contributed by atoms with Gasteiger partial charge >= 0.3 is 0 Å². The van der Waals surface area contributed by atoms with Gasteiger partial charge in [-0.1, -0.05) is 48.5 Å². The van der Waals surface area contributed by atoms with Crippen LogP contribution in [0, 0.1) is 5.82 Å². The number of halogens is 1. The van der Waals surface area contributed by atoms with E-state index in [9.17, 15) is 4.39 Å². The summed E-state index contributed by atoms with van der Waals surface area (Å²) in [6, 6.07) is 16.5. The number of hydrogen-bond donors (Lipinski definition) is 4. The van der Waals surface area contributed by atoms with Gasteiger partial charge < -0.3 is 31.2 Å². The Bertz CT molecular complexity index is 963. The van der Waals surface area contributed by atoms with Crippen LogP contribution in [0.4, 0.5) is 22.2 Å². The summed E-state index contributed by atoms with van der Waals surface area (Å²) in [6.07, 6.45) is 0. The molecule has 0 aliphatic rings. The maximum atomic E-state index is 13.9. The molecule has 0 unspecified atom stereocenters. The molecule has 1 aromatic heterocycles. The van der Waals surface area contributed by atoms with Crippen molar-refractivity contribution >= 4 is 17.8 Å². The standard InChI is InChI=1S/C23H30FN7O2/c24-20-9-5-4-8-19(20)17-28-23-30-21(26-11-13-33-15-14-32-12-10-25)29-22(31-23)27-16-18-6-2-1-3-7-18/h1-9H,10-17,25H2,(H3,26,27,28,29,30,31). The summed E-state index contributed by atoms with van der Waals surface area (Å²) in [5.74, 6) is 0.845. The molecular weight excluding hydrogens is 425 g/mol. The Hall–Kier alpha value is -3.34. The molecule has 0 bridgehead atoms. The van der Waals surface area contributed by atoms with Gasteiger partial charge in [0.2, 0.25) is 17.8 Å². The first-order valence-corrected chi connectivity index (χ1v) is 10.8. The van der Waals surface area contributed by atoms with Crippen molar-refractivity contribution in [3.8, 4) is 0 Å². The maximum Gasteiger partial charge on any atom is 0.229 e. The molecule has 3 aromatic rings. The molecule has 0 aliphatic heterocycles. The Morgan fingerprint density at radius 1 is 0.697 bits per heavy atom. The highest BCUT2D eigenvalue weighted by molar-refractivity contribution is 5.43. The largest absolute Gasteiger partial charge is 0.378 e. The van der Waals surface area contributed by atoms with Crippen LogP contribution in [0.15, 0.2) is 54.6 Å². The van der Waals surface area contributed by atoms with Crippen molar-refractivity contribution in [2.45, 2.75) is 13.1 Å². The lowest BCUT2D eigenvalue weighted by atomic mass is 10.2. The van der Waals surface area contributed by atoms with Gasteiger partial charge in [0.15, 0.2) is 0 Å². The molecule has 33 heavy (non-hydrogen) atoms. The lowest BCUT2D eigenvalue weighted by molar-refractivity contribution is 0.0547. The van der Waals surface area contributed by atoms with Crippen molar-refractivity contribution in [1.82, 2.24) is 15.0 Å². The van der Waals surface area contributed by atoms with Crippen LogP contribution in [0.1, 0.15) is 11.1 Å². The van der Waals surface area contributed by atoms with Crippen molar-refractivity contribution in [2.24, 2.45) is 5.73 Å². The van der Waals surface area contributed by atoms with Gasteiger partial charge in [-0.25, -0.2) is 4.39 Å². The average Bonchev–Trinajstić information content (AvgIpc) is 2.84. The summed E-state index contributed by atoms with van der Waals surface area (Å²) in [5.41, 5.74) is 6.99. The topological polar surface area (TPSA) is 119 Å². The van der Waals surface area contributed by atoms with E-state index in [2.05, 4.69) is 30.9 Å². The predicted molar refractivity (Wildman–Crippen MR) is 127 cm³/mol. The van der Waals surface area contributed by atoms with Crippen LogP contribution >= 0.6 is 0 Å². The monoisotopic (exact) mass is 455 g/mol. The minimum Gasteiger partial charge on any atom is -0.378 e. The third-order valence-electron chi connectivity index (χ3n) is 4.49. The zero-order valence-electron chi connectivity index (χ0n) is 18.5. The number of ether oxygens (including phenoxy) is 2. The predicted octanol–water partition coefficient (Wildman–Crippen LogP) is 2.64. The first kappa shape index (κ1) is 24.3. The fraction of sp³-hybridized carbons (Fsp3) is 0.348. The highest BCUT2D eigenvalue weighted by atomic mass is 19.1. The van der Waals surface area contributed by atoms with Crippen molar-refractivity contribution in [3.63, 3.8) is 0 Å². The van der Waals surface area contributed by atoms with Crippen molar-refractivity contribution in [1.29, 1.82) is 0 Å². The maximum absolute atomic E-state index is 13.9. The van der Waals surface area contributed by atoms with E-state index in [4.69, 9.17) is 15.2 Å². The van der Waals surface area contributed by atoms with Gasteiger partial charge in [-0.2, -0.15) is 15.0 Å². The quantitative estimate of drug-likeness (QED) is 0.256. The summed E-state index contributed by atoms with van der Waals surface area (Å²) < 4.78 is 24.7. The van der Waals surface area contributed by atoms with Crippen molar-refractivity contribution < 1.29 is 13.9 Å². The third-order valence-corrected chi connectivity index (χ3v) is 4.49. The molecule has 0 saturated heterocycles. The van der Waals surface area contributed by atoms with Crippen LogP contribution in [0.2, 0.25) is 0 Å². The lowest BCUT2D eigenvalue weighted by Crippen LogP contribution is -2.17. The van der Waals surface area contributed by atoms with Gasteiger partial charge in [-0.3, -0.25) is 0 Å². The van der Waals surface area contributed by atoms with Crippen LogP contribution in [-0.4, -0.2) is 54.5 Å². The van der Waals surface area contributed by atoms with Crippen LogP contribution in [0.5, 0.6) is 0 Å². The Kier molecular flexibility index (Phi) is 10.3. The minimum absolute atomic E-state index is 0.250. The SMILES string of the molecule is NCCOCCOCCNc1nc(NCc2ccccc2)nc(NCc2ccccc2F)n1. The Morgan fingerprint density at radius 3 is 2.00 bits per heavy atom. The van der Waals surface area contributed by atoms with Crippen LogP contribution in [0.25, 0.3) is 0 Å². The fourth-order valence-corrected chi connectivity index (χ4v) is 2.85. The van der Waals surface area contributed by atoms with E-state index in [0.717, 1.165) is 5.56 Å². The second-order valence-electron chi connectivity index (χ2n) is 7.03. The van der Waals surface area contributed by atoms with E-state index in [1.54, 1.807) is 18.2 Å². The van der Waals surface area contributed by atoms with E-state index < -0.39 is 0 Å². The second kappa shape index (κ2) is 13.9. The third kappa shape index (κ3) is 8.97. The smallest absolute Gasteiger partial charge is 0.229 e. The molecule has 1 heterocycles. The molecule has 2 aromatic carbocycles. The van der Waals surface area contributed by atoms with Crippen molar-refractivity contribution in [2.75, 3.05) is 55.5 Å². The molecule has 5 N–H and O–H groups in total. The average molecular weight is 456 g/mol. The molecule has 10 heteroatoms. The molecule has 0 amide bonds. The van der Waals surface area contributed by atoms with Gasteiger partial charge in [0.1, 0.15) is 5.82 Å². The molecule has 0 spiro atoms. The van der Waals surface area contributed by atoms with Gasteiger partial charge in [0.25, 0.3) is 0 Å². The minimum atomic E-state index is -0.285. The zero-order valence-corrected chi connectivity index (χ0v) is 18.5. The lowest BCUT2D eigenvalue weighted by Gasteiger charge is -2.12. The molecule has 0 atom stereocenters. The van der Waals surface area contributed by atoms with Crippen LogP contribution in [-0.2, 0) is 22.6 Å². The zero-order chi connectivity index (χ0) is 23.1. The number of aromatic nitrogens is 3. The van der Waals surface area contributed by atoms with Gasteiger partial charge in [0, 0.05) is 31.7 Å². The van der Waals surface area contributed by atoms with Crippen molar-refractivity contribution in [3.05, 3.63) is 71.5 Å². The van der Waals surface area contributed by atoms with Crippen LogP contribution < -0.4 is 21.7 Å². The summed E-state index contributed by atoms with van der Waals surface area (Å²) in [4.78, 5) is 13.2. The first-order chi connectivity index (χ1) is 16.2. The number of hydrogen-bond acceptors (Lipinski definition) is 9. The van der Waals surface area contributed by atoms with Gasteiger partial charge in [-0.05, 0) is 11.6 Å². The highest BCUT2D eigenvalue weighted by Crippen LogP contribution is 2.13. The molecule has 0 aliphatic carbocycles. The normalized spacial score (nSPS) is 10.7. The van der Waals surface area contributed by atoms with Crippen LogP contribution in [0.3, 0.4) is 0 Å². The highest BCUT2D eigenvalue weighted by Gasteiger charge is 2.08. The summed E-state index contributed by atoms with van der Waals surface area (Å²) in [6.45, 7) is 3.78. The Morgan fingerprint density at radius 2 is 1.30 bits per heavy atom. The number of rotatable bonds is 15. The van der Waals surface area contributed by atoms with E-state index in [1.165, 1.54) is 6.07 Å². The molecule has 0 saturated carbocycles. The van der Waals surface area contributed by atoms with E-state index in [0.29, 0.717) is 69.5 Å². The number of nitrogens with zero attached hydrogens (tertiary/aromatic N) is 3.